The van der Waals surface area contributed by atoms with Crippen LogP contribution in [0.5, 0.6) is 0 Å². The number of rotatable bonds is 3. The van der Waals surface area contributed by atoms with Crippen LogP contribution in [-0.4, -0.2) is 5.11 Å². The number of alkyl halides is 3. The Morgan fingerprint density at radius 2 is 1.71 bits per heavy atom. The van der Waals surface area contributed by atoms with Gasteiger partial charge in [-0.05, 0) is 23.3 Å². The Labute approximate surface area is 123 Å². The van der Waals surface area contributed by atoms with Crippen molar-refractivity contribution in [1.82, 2.24) is 0 Å². The lowest BCUT2D eigenvalue weighted by Gasteiger charge is -2.18. The molecule has 1 atom stereocenters. The molecule has 0 saturated carbocycles. The van der Waals surface area contributed by atoms with Gasteiger partial charge in [0.15, 0.2) is 0 Å². The van der Waals surface area contributed by atoms with Crippen LogP contribution in [-0.2, 0) is 12.6 Å². The van der Waals surface area contributed by atoms with Crippen molar-refractivity contribution in [2.75, 3.05) is 0 Å². The summed E-state index contributed by atoms with van der Waals surface area (Å²) in [6.07, 6.45) is -6.20. The Morgan fingerprint density at radius 3 is 2.38 bits per heavy atom. The molecule has 0 spiro atoms. The molecule has 0 aromatic heterocycles. The van der Waals surface area contributed by atoms with Gasteiger partial charge in [-0.25, -0.2) is 4.39 Å². The number of halogens is 5. The minimum atomic E-state index is -4.57. The molecule has 2 rings (SSSR count). The van der Waals surface area contributed by atoms with Gasteiger partial charge in [0.05, 0.1) is 16.7 Å². The normalized spacial score (nSPS) is 13.2. The molecule has 0 aliphatic rings. The first-order valence-corrected chi connectivity index (χ1v) is 6.45. The fraction of sp³-hybridized carbons (Fsp3) is 0.200. The molecule has 1 unspecified atom stereocenters. The van der Waals surface area contributed by atoms with Gasteiger partial charge in [0.25, 0.3) is 0 Å². The monoisotopic (exact) mass is 318 g/mol. The van der Waals surface area contributed by atoms with Crippen molar-refractivity contribution < 1.29 is 22.7 Å². The number of aliphatic hydroxyl groups is 1. The predicted octanol–water partition coefficient (Wildman–Crippen LogP) is 4.77. The Bertz CT molecular complexity index is 640. The third-order valence-corrected chi connectivity index (χ3v) is 3.49. The highest BCUT2D eigenvalue weighted by Crippen LogP contribution is 2.36. The average Bonchev–Trinajstić information content (AvgIpc) is 2.43. The standard InChI is InChI=1S/C15H11ClF4O/c16-14-9(4-3-7-12(14)17)8-13(21)10-5-1-2-6-11(10)15(18,19)20/h1-7,13,21H,8H2. The van der Waals surface area contributed by atoms with Crippen LogP contribution in [0.1, 0.15) is 22.8 Å². The summed E-state index contributed by atoms with van der Waals surface area (Å²) in [6, 6.07) is 8.73. The molecular weight excluding hydrogens is 308 g/mol. The highest BCUT2D eigenvalue weighted by atomic mass is 35.5. The lowest BCUT2D eigenvalue weighted by atomic mass is 9.96. The van der Waals surface area contributed by atoms with E-state index in [0.717, 1.165) is 12.1 Å². The molecule has 0 saturated heterocycles. The molecule has 0 aliphatic heterocycles. The topological polar surface area (TPSA) is 20.2 Å². The van der Waals surface area contributed by atoms with E-state index in [1.165, 1.54) is 30.3 Å². The van der Waals surface area contributed by atoms with Crippen LogP contribution in [0.2, 0.25) is 5.02 Å². The maximum absolute atomic E-state index is 13.3. The maximum Gasteiger partial charge on any atom is 0.416 e. The summed E-state index contributed by atoms with van der Waals surface area (Å²) in [5.74, 6) is -0.675. The third-order valence-electron chi connectivity index (χ3n) is 3.07. The highest BCUT2D eigenvalue weighted by Gasteiger charge is 2.34. The van der Waals surface area contributed by atoms with Crippen LogP contribution >= 0.6 is 11.6 Å². The quantitative estimate of drug-likeness (QED) is 0.808. The van der Waals surface area contributed by atoms with Gasteiger partial charge in [-0.2, -0.15) is 13.2 Å². The zero-order valence-electron chi connectivity index (χ0n) is 10.7. The number of aliphatic hydroxyl groups excluding tert-OH is 1. The summed E-state index contributed by atoms with van der Waals surface area (Å²) < 4.78 is 52.0. The Balaban J connectivity index is 2.33. The van der Waals surface area contributed by atoms with Crippen LogP contribution < -0.4 is 0 Å². The fourth-order valence-corrected chi connectivity index (χ4v) is 2.27. The Kier molecular flexibility index (Phi) is 4.54. The van der Waals surface area contributed by atoms with E-state index in [1.807, 2.05) is 0 Å². The van der Waals surface area contributed by atoms with Crippen molar-refractivity contribution in [1.29, 1.82) is 0 Å². The van der Waals surface area contributed by atoms with E-state index in [9.17, 15) is 22.7 Å². The molecule has 21 heavy (non-hydrogen) atoms. The van der Waals surface area contributed by atoms with E-state index >= 15 is 0 Å². The third kappa shape index (κ3) is 3.54. The molecule has 0 fully saturated rings. The number of hydrogen-bond acceptors (Lipinski definition) is 1. The van der Waals surface area contributed by atoms with Crippen LogP contribution in [0, 0.1) is 5.82 Å². The zero-order chi connectivity index (χ0) is 15.6. The van der Waals surface area contributed by atoms with E-state index in [4.69, 9.17) is 11.6 Å². The minimum absolute atomic E-state index is 0.193. The van der Waals surface area contributed by atoms with Gasteiger partial charge in [-0.15, -0.1) is 0 Å². The zero-order valence-corrected chi connectivity index (χ0v) is 11.4. The van der Waals surface area contributed by atoms with Crippen LogP contribution in [0.25, 0.3) is 0 Å². The molecule has 112 valence electrons. The maximum atomic E-state index is 13.3. The molecule has 2 aromatic rings. The largest absolute Gasteiger partial charge is 0.416 e. The summed E-state index contributed by atoms with van der Waals surface area (Å²) in [6.45, 7) is 0. The molecule has 0 amide bonds. The molecule has 1 nitrogen and oxygen atoms in total. The number of benzene rings is 2. The lowest BCUT2D eigenvalue weighted by Crippen LogP contribution is -2.13. The summed E-state index contributed by atoms with van der Waals surface area (Å²) in [4.78, 5) is 0. The van der Waals surface area contributed by atoms with Crippen molar-refractivity contribution in [2.45, 2.75) is 18.7 Å². The molecule has 0 aliphatic carbocycles. The second-order valence-corrected chi connectivity index (χ2v) is 4.90. The van der Waals surface area contributed by atoms with Crippen LogP contribution in [0.15, 0.2) is 42.5 Å². The minimum Gasteiger partial charge on any atom is -0.388 e. The van der Waals surface area contributed by atoms with Crippen molar-refractivity contribution >= 4 is 11.6 Å². The summed E-state index contributed by atoms with van der Waals surface area (Å²) >= 11 is 5.75. The summed E-state index contributed by atoms with van der Waals surface area (Å²) in [5.41, 5.74) is -0.920. The van der Waals surface area contributed by atoms with Gasteiger partial charge in [-0.3, -0.25) is 0 Å². The van der Waals surface area contributed by atoms with E-state index in [0.29, 0.717) is 0 Å². The Morgan fingerprint density at radius 1 is 1.05 bits per heavy atom. The van der Waals surface area contributed by atoms with E-state index in [2.05, 4.69) is 0 Å². The van der Waals surface area contributed by atoms with E-state index in [-0.39, 0.29) is 22.6 Å². The first kappa shape index (κ1) is 15.8. The van der Waals surface area contributed by atoms with Crippen molar-refractivity contribution in [2.24, 2.45) is 0 Å². The van der Waals surface area contributed by atoms with Gasteiger partial charge in [0, 0.05) is 6.42 Å². The van der Waals surface area contributed by atoms with Crippen molar-refractivity contribution in [3.8, 4) is 0 Å². The van der Waals surface area contributed by atoms with E-state index < -0.39 is 23.7 Å². The summed E-state index contributed by atoms with van der Waals surface area (Å²) in [7, 11) is 0. The van der Waals surface area contributed by atoms with Gasteiger partial charge in [0.2, 0.25) is 0 Å². The SMILES string of the molecule is OC(Cc1cccc(F)c1Cl)c1ccccc1C(F)(F)F. The number of hydrogen-bond donors (Lipinski definition) is 1. The first-order valence-electron chi connectivity index (χ1n) is 6.07. The van der Waals surface area contributed by atoms with Crippen molar-refractivity contribution in [3.63, 3.8) is 0 Å². The summed E-state index contributed by atoms with van der Waals surface area (Å²) in [5, 5.41) is 9.86. The van der Waals surface area contributed by atoms with Gasteiger partial charge >= 0.3 is 6.18 Å². The molecule has 6 heteroatoms. The molecule has 0 bridgehead atoms. The van der Waals surface area contributed by atoms with E-state index in [1.54, 1.807) is 0 Å². The first-order chi connectivity index (χ1) is 9.80. The van der Waals surface area contributed by atoms with Gasteiger partial charge < -0.3 is 5.11 Å². The highest BCUT2D eigenvalue weighted by molar-refractivity contribution is 6.31. The van der Waals surface area contributed by atoms with Gasteiger partial charge in [-0.1, -0.05) is 41.9 Å². The lowest BCUT2D eigenvalue weighted by molar-refractivity contribution is -0.139. The molecule has 0 heterocycles. The predicted molar refractivity (Wildman–Crippen MR) is 71.5 cm³/mol. The molecule has 2 aromatic carbocycles. The van der Waals surface area contributed by atoms with Crippen LogP contribution in [0.3, 0.4) is 0 Å². The average molecular weight is 319 g/mol. The molecule has 1 N–H and O–H groups in total. The van der Waals surface area contributed by atoms with Gasteiger partial charge in [0.1, 0.15) is 5.82 Å². The Hall–Kier alpha value is -1.59. The van der Waals surface area contributed by atoms with Crippen molar-refractivity contribution in [3.05, 3.63) is 70.0 Å². The molecular formula is C15H11ClF4O. The molecule has 0 radical (unpaired) electrons. The second kappa shape index (κ2) is 6.03. The smallest absolute Gasteiger partial charge is 0.388 e. The fourth-order valence-electron chi connectivity index (χ4n) is 2.07. The van der Waals surface area contributed by atoms with Crippen LogP contribution in [0.4, 0.5) is 17.6 Å². The second-order valence-electron chi connectivity index (χ2n) is 4.52.